The highest BCUT2D eigenvalue weighted by Gasteiger charge is 2.80. The number of ketones is 1. The van der Waals surface area contributed by atoms with Gasteiger partial charge in [-0.25, -0.2) is 5.48 Å². The number of aliphatic hydroxyl groups excluding tert-OH is 2. The van der Waals surface area contributed by atoms with Crippen molar-refractivity contribution in [2.45, 2.75) is 64.4 Å². The second kappa shape index (κ2) is 4.86. The molecule has 2 rings (SSSR count). The van der Waals surface area contributed by atoms with E-state index in [9.17, 15) is 24.9 Å². The molecule has 1 unspecified atom stereocenters. The van der Waals surface area contributed by atoms with E-state index in [1.165, 1.54) is 6.92 Å². The smallest absolute Gasteiger partial charge is 0.269 e. The molecule has 0 aromatic carbocycles. The Balaban J connectivity index is 2.15. The van der Waals surface area contributed by atoms with Crippen molar-refractivity contribution in [3.63, 3.8) is 0 Å². The van der Waals surface area contributed by atoms with E-state index in [0.717, 1.165) is 0 Å². The zero-order valence-electron chi connectivity index (χ0n) is 14.1. The zero-order chi connectivity index (χ0) is 18.0. The van der Waals surface area contributed by atoms with Crippen LogP contribution in [0, 0.1) is 10.8 Å². The molecule has 7 heteroatoms. The number of Topliss-reactive ketones (excluding diaryl/α,β-unsaturated/α-hetero) is 1. The van der Waals surface area contributed by atoms with Gasteiger partial charge in [0.15, 0.2) is 11.4 Å². The lowest BCUT2D eigenvalue weighted by atomic mass is 9.93. The van der Waals surface area contributed by atoms with Gasteiger partial charge in [-0.05, 0) is 20.8 Å². The molecule has 1 amide bonds. The first-order valence-corrected chi connectivity index (χ1v) is 7.54. The van der Waals surface area contributed by atoms with E-state index < -0.39 is 40.1 Å². The Morgan fingerprint density at radius 1 is 1.39 bits per heavy atom. The van der Waals surface area contributed by atoms with E-state index in [1.807, 2.05) is 0 Å². The molecule has 2 aliphatic rings. The van der Waals surface area contributed by atoms with Crippen molar-refractivity contribution >= 4 is 11.7 Å². The molecule has 130 valence electrons. The highest BCUT2D eigenvalue weighted by atomic mass is 16.7. The standard InChI is InChI=1S/C16H25NO6/c1-8(2)10(19)17-23-15(11(20)13(15,3)4)7-9(18)16(22)12(21)14(16,5)6/h9,12,18,21-22H,1,7H2,2-6H3,(H,17,19)/t9-,12?,15+,16-/m0/s1. The summed E-state index contributed by atoms with van der Waals surface area (Å²) in [6, 6.07) is 0. The third-order valence-corrected chi connectivity index (χ3v) is 5.63. The first kappa shape index (κ1) is 18.1. The fourth-order valence-electron chi connectivity index (χ4n) is 3.23. The number of hydroxylamine groups is 1. The van der Waals surface area contributed by atoms with Gasteiger partial charge >= 0.3 is 0 Å². The van der Waals surface area contributed by atoms with Crippen molar-refractivity contribution in [1.29, 1.82) is 0 Å². The third-order valence-electron chi connectivity index (χ3n) is 5.63. The minimum atomic E-state index is -1.71. The van der Waals surface area contributed by atoms with Gasteiger partial charge in [0, 0.05) is 17.4 Å². The second-order valence-corrected chi connectivity index (χ2v) is 7.76. The molecule has 7 nitrogen and oxygen atoms in total. The fraction of sp³-hybridized carbons (Fsp3) is 0.750. The van der Waals surface area contributed by atoms with Crippen LogP contribution in [-0.4, -0.2) is 50.4 Å². The molecule has 0 spiro atoms. The van der Waals surface area contributed by atoms with Crippen LogP contribution in [0.3, 0.4) is 0 Å². The number of hydrogen-bond acceptors (Lipinski definition) is 6. The zero-order valence-corrected chi connectivity index (χ0v) is 14.1. The van der Waals surface area contributed by atoms with Crippen LogP contribution in [0.1, 0.15) is 41.0 Å². The Hall–Kier alpha value is -1.28. The van der Waals surface area contributed by atoms with Crippen molar-refractivity contribution in [2.24, 2.45) is 10.8 Å². The van der Waals surface area contributed by atoms with Crippen LogP contribution in [0.4, 0.5) is 0 Å². The van der Waals surface area contributed by atoms with E-state index in [0.29, 0.717) is 0 Å². The summed E-state index contributed by atoms with van der Waals surface area (Å²) in [5, 5.41) is 30.7. The monoisotopic (exact) mass is 327 g/mol. The third kappa shape index (κ3) is 2.18. The van der Waals surface area contributed by atoms with Crippen LogP contribution in [-0.2, 0) is 14.4 Å². The lowest BCUT2D eigenvalue weighted by molar-refractivity contribution is -0.150. The first-order chi connectivity index (χ1) is 10.3. The molecule has 0 saturated heterocycles. The molecule has 2 aliphatic carbocycles. The van der Waals surface area contributed by atoms with Crippen molar-refractivity contribution in [3.05, 3.63) is 12.2 Å². The predicted molar refractivity (Wildman–Crippen MR) is 80.9 cm³/mol. The summed E-state index contributed by atoms with van der Waals surface area (Å²) in [5.74, 6) is -0.859. The Kier molecular flexibility index (Phi) is 3.82. The number of amides is 1. The number of aliphatic hydroxyl groups is 3. The van der Waals surface area contributed by atoms with Gasteiger partial charge in [-0.2, -0.15) is 0 Å². The molecule has 0 aromatic heterocycles. The van der Waals surface area contributed by atoms with E-state index >= 15 is 0 Å². The maximum absolute atomic E-state index is 12.2. The molecule has 2 saturated carbocycles. The lowest BCUT2D eigenvalue weighted by Gasteiger charge is -2.26. The van der Waals surface area contributed by atoms with E-state index in [1.54, 1.807) is 27.7 Å². The topological polar surface area (TPSA) is 116 Å². The Labute approximate surface area is 135 Å². The Morgan fingerprint density at radius 3 is 2.13 bits per heavy atom. The average Bonchev–Trinajstić information content (AvgIpc) is 3.05. The highest BCUT2D eigenvalue weighted by molar-refractivity contribution is 6.11. The van der Waals surface area contributed by atoms with Gasteiger partial charge < -0.3 is 15.3 Å². The van der Waals surface area contributed by atoms with Crippen LogP contribution >= 0.6 is 0 Å². The summed E-state index contributed by atoms with van der Waals surface area (Å²) in [7, 11) is 0. The van der Waals surface area contributed by atoms with Crippen LogP contribution < -0.4 is 5.48 Å². The van der Waals surface area contributed by atoms with Crippen LogP contribution in [0.5, 0.6) is 0 Å². The largest absolute Gasteiger partial charge is 0.390 e. The molecule has 4 N–H and O–H groups in total. The van der Waals surface area contributed by atoms with Crippen molar-refractivity contribution in [3.8, 4) is 0 Å². The summed E-state index contributed by atoms with van der Waals surface area (Å²) in [6.07, 6.45) is -2.70. The second-order valence-electron chi connectivity index (χ2n) is 7.76. The van der Waals surface area contributed by atoms with Crippen molar-refractivity contribution in [1.82, 2.24) is 5.48 Å². The average molecular weight is 327 g/mol. The van der Waals surface area contributed by atoms with E-state index in [4.69, 9.17) is 4.84 Å². The van der Waals surface area contributed by atoms with Gasteiger partial charge in [0.25, 0.3) is 5.91 Å². The van der Waals surface area contributed by atoms with E-state index in [-0.39, 0.29) is 17.8 Å². The number of carbonyl (C=O) groups excluding carboxylic acids is 2. The first-order valence-electron chi connectivity index (χ1n) is 7.54. The maximum Gasteiger partial charge on any atom is 0.269 e. The van der Waals surface area contributed by atoms with Crippen LogP contribution in [0.25, 0.3) is 0 Å². The van der Waals surface area contributed by atoms with Crippen molar-refractivity contribution < 1.29 is 29.7 Å². The Morgan fingerprint density at radius 2 is 1.83 bits per heavy atom. The van der Waals surface area contributed by atoms with Crippen LogP contribution in [0.15, 0.2) is 12.2 Å². The van der Waals surface area contributed by atoms with Gasteiger partial charge in [0.2, 0.25) is 0 Å². The van der Waals surface area contributed by atoms with Crippen LogP contribution in [0.2, 0.25) is 0 Å². The fourth-order valence-corrected chi connectivity index (χ4v) is 3.23. The quantitative estimate of drug-likeness (QED) is 0.398. The van der Waals surface area contributed by atoms with Gasteiger partial charge in [-0.3, -0.25) is 14.4 Å². The molecular weight excluding hydrogens is 302 g/mol. The van der Waals surface area contributed by atoms with Gasteiger partial charge in [-0.1, -0.05) is 20.4 Å². The summed E-state index contributed by atoms with van der Waals surface area (Å²) < 4.78 is 0. The molecule has 2 fully saturated rings. The summed E-state index contributed by atoms with van der Waals surface area (Å²) >= 11 is 0. The number of hydrogen-bond donors (Lipinski definition) is 4. The Bertz CT molecular complexity index is 583. The van der Waals surface area contributed by atoms with E-state index in [2.05, 4.69) is 12.1 Å². The molecule has 0 bridgehead atoms. The number of carbonyl (C=O) groups is 2. The van der Waals surface area contributed by atoms with Gasteiger partial charge in [0.1, 0.15) is 5.60 Å². The predicted octanol–water partition coefficient (Wildman–Crippen LogP) is -0.159. The minimum Gasteiger partial charge on any atom is -0.390 e. The molecule has 0 aliphatic heterocycles. The van der Waals surface area contributed by atoms with Crippen molar-refractivity contribution in [2.75, 3.05) is 0 Å². The molecule has 0 aromatic rings. The molecule has 0 heterocycles. The molecule has 4 atom stereocenters. The normalized spacial score (nSPS) is 37.9. The SMILES string of the molecule is C=C(C)C(=O)NO[C@]1(C[C@H](O)[C@]2(O)C(O)C2(C)C)C(=O)C1(C)C. The lowest BCUT2D eigenvalue weighted by Crippen LogP contribution is -2.43. The number of rotatable bonds is 6. The minimum absolute atomic E-state index is 0.212. The molecule has 23 heavy (non-hydrogen) atoms. The molecular formula is C16H25NO6. The maximum atomic E-state index is 12.2. The summed E-state index contributed by atoms with van der Waals surface area (Å²) in [4.78, 5) is 29.1. The highest BCUT2D eigenvalue weighted by Crippen LogP contribution is 2.62. The summed E-state index contributed by atoms with van der Waals surface area (Å²) in [5.41, 5.74) is -2.57. The van der Waals surface area contributed by atoms with Gasteiger partial charge in [-0.15, -0.1) is 0 Å². The summed E-state index contributed by atoms with van der Waals surface area (Å²) in [6.45, 7) is 11.5. The van der Waals surface area contributed by atoms with Gasteiger partial charge in [0.05, 0.1) is 17.6 Å². The number of nitrogens with one attached hydrogen (secondary N) is 1. The molecule has 0 radical (unpaired) electrons.